The van der Waals surface area contributed by atoms with Gasteiger partial charge in [-0.05, 0) is 11.6 Å². The first-order valence-electron chi connectivity index (χ1n) is 7.87. The van der Waals surface area contributed by atoms with Crippen LogP contribution >= 0.6 is 0 Å². The fraction of sp³-hybridized carbons (Fsp3) is 0.0526. The van der Waals surface area contributed by atoms with Crippen LogP contribution in [0.1, 0.15) is 15.9 Å². The van der Waals surface area contributed by atoms with Gasteiger partial charge in [0.15, 0.2) is 11.9 Å². The molecule has 0 unspecified atom stereocenters. The first kappa shape index (κ1) is 15.0. The Morgan fingerprint density at radius 3 is 2.72 bits per heavy atom. The summed E-state index contributed by atoms with van der Waals surface area (Å²) in [5.74, 6) is 0.765. The molecule has 0 aliphatic carbocycles. The number of hydrogen-bond donors (Lipinski definition) is 1. The number of carbonyl (C=O) groups excluding carboxylic acids is 1. The Morgan fingerprint density at radius 2 is 1.96 bits per heavy atom. The summed E-state index contributed by atoms with van der Waals surface area (Å²) in [5, 5.41) is 7.64. The summed E-state index contributed by atoms with van der Waals surface area (Å²) < 4.78 is 1.65. The van der Waals surface area contributed by atoms with Crippen molar-refractivity contribution in [3.8, 4) is 11.3 Å². The maximum absolute atomic E-state index is 11.3. The molecule has 0 saturated carbocycles. The number of nitrogens with one attached hydrogen (secondary N) is 1. The molecule has 6 nitrogen and oxygen atoms in total. The Bertz CT molecular complexity index is 1010. The van der Waals surface area contributed by atoms with E-state index in [1.165, 1.54) is 6.20 Å². The molecule has 0 amide bonds. The summed E-state index contributed by atoms with van der Waals surface area (Å²) >= 11 is 0. The van der Waals surface area contributed by atoms with Gasteiger partial charge in [0.25, 0.3) is 0 Å². The molecular formula is C19H15N5O. The van der Waals surface area contributed by atoms with E-state index in [1.54, 1.807) is 10.7 Å². The quantitative estimate of drug-likeness (QED) is 0.569. The highest BCUT2D eigenvalue weighted by Gasteiger charge is 2.12. The average molecular weight is 329 g/mol. The van der Waals surface area contributed by atoms with Crippen LogP contribution in [0.25, 0.3) is 16.9 Å². The van der Waals surface area contributed by atoms with Gasteiger partial charge < -0.3 is 5.32 Å². The van der Waals surface area contributed by atoms with E-state index in [2.05, 4.69) is 20.4 Å². The lowest BCUT2D eigenvalue weighted by molar-refractivity contribution is 0.112. The predicted octanol–water partition coefficient (Wildman–Crippen LogP) is 3.22. The van der Waals surface area contributed by atoms with Gasteiger partial charge in [-0.25, -0.2) is 4.98 Å². The van der Waals surface area contributed by atoms with E-state index in [0.29, 0.717) is 17.8 Å². The normalized spacial score (nSPS) is 10.7. The number of aromatic nitrogens is 4. The Balaban J connectivity index is 1.78. The molecule has 0 atom stereocenters. The van der Waals surface area contributed by atoms with Crippen LogP contribution in [0.4, 0.5) is 5.82 Å². The van der Waals surface area contributed by atoms with E-state index >= 15 is 0 Å². The minimum atomic E-state index is 0.460. The van der Waals surface area contributed by atoms with E-state index in [4.69, 9.17) is 0 Å². The van der Waals surface area contributed by atoms with Crippen LogP contribution in [0.15, 0.2) is 67.1 Å². The van der Waals surface area contributed by atoms with Crippen LogP contribution in [-0.4, -0.2) is 25.9 Å². The van der Waals surface area contributed by atoms with Crippen molar-refractivity contribution in [2.75, 3.05) is 5.32 Å². The van der Waals surface area contributed by atoms with Crippen LogP contribution in [0.2, 0.25) is 0 Å². The molecule has 4 rings (SSSR count). The summed E-state index contributed by atoms with van der Waals surface area (Å²) in [4.78, 5) is 20.0. The van der Waals surface area contributed by atoms with Gasteiger partial charge in [0.2, 0.25) is 0 Å². The smallest absolute Gasteiger partial charge is 0.168 e. The summed E-state index contributed by atoms with van der Waals surface area (Å²) in [7, 11) is 0. The second kappa shape index (κ2) is 6.52. The average Bonchev–Trinajstić information content (AvgIpc) is 3.11. The zero-order valence-electron chi connectivity index (χ0n) is 13.3. The second-order valence-corrected chi connectivity index (χ2v) is 5.56. The van der Waals surface area contributed by atoms with Crippen LogP contribution in [0, 0.1) is 0 Å². The number of nitrogens with zero attached hydrogens (tertiary/aromatic N) is 4. The fourth-order valence-electron chi connectivity index (χ4n) is 2.64. The molecule has 0 saturated heterocycles. The van der Waals surface area contributed by atoms with Crippen molar-refractivity contribution >= 4 is 17.8 Å². The largest absolute Gasteiger partial charge is 0.366 e. The molecule has 1 N–H and O–H groups in total. The van der Waals surface area contributed by atoms with E-state index in [-0.39, 0.29) is 0 Å². The highest BCUT2D eigenvalue weighted by Crippen LogP contribution is 2.23. The number of pyridine rings is 1. The molecule has 0 aliphatic rings. The van der Waals surface area contributed by atoms with Gasteiger partial charge in [0, 0.05) is 30.6 Å². The molecule has 0 bridgehead atoms. The number of aldehydes is 1. The Labute approximate surface area is 144 Å². The predicted molar refractivity (Wildman–Crippen MR) is 95.4 cm³/mol. The third-order valence-corrected chi connectivity index (χ3v) is 3.89. The zero-order chi connectivity index (χ0) is 17.1. The Hall–Kier alpha value is -3.54. The number of hydrogen-bond acceptors (Lipinski definition) is 5. The molecule has 1 aromatic carbocycles. The minimum absolute atomic E-state index is 0.460. The summed E-state index contributed by atoms with van der Waals surface area (Å²) in [6, 6.07) is 15.7. The van der Waals surface area contributed by atoms with Crippen LogP contribution in [-0.2, 0) is 6.54 Å². The summed E-state index contributed by atoms with van der Waals surface area (Å²) in [5.41, 5.74) is 3.81. The molecule has 0 aliphatic heterocycles. The van der Waals surface area contributed by atoms with Crippen molar-refractivity contribution in [1.29, 1.82) is 0 Å². The maximum Gasteiger partial charge on any atom is 0.168 e. The molecule has 0 radical (unpaired) electrons. The Morgan fingerprint density at radius 1 is 1.08 bits per heavy atom. The van der Waals surface area contributed by atoms with Gasteiger partial charge in [-0.15, -0.1) is 0 Å². The number of carbonyl (C=O) groups is 1. The molecule has 25 heavy (non-hydrogen) atoms. The van der Waals surface area contributed by atoms with Gasteiger partial charge in [-0.2, -0.15) is 9.61 Å². The lowest BCUT2D eigenvalue weighted by Gasteiger charge is -2.11. The van der Waals surface area contributed by atoms with E-state index in [1.807, 2.05) is 54.7 Å². The molecule has 6 heteroatoms. The third-order valence-electron chi connectivity index (χ3n) is 3.89. The second-order valence-electron chi connectivity index (χ2n) is 5.56. The SMILES string of the molecule is O=Cc1cnn2c(NCc3cccnc3)cc(-c3ccccc3)nc12. The topological polar surface area (TPSA) is 72.2 Å². The number of rotatable bonds is 5. The van der Waals surface area contributed by atoms with Crippen molar-refractivity contribution in [2.24, 2.45) is 0 Å². The standard InChI is InChI=1S/C19H15N5O/c25-13-16-12-22-24-18(21-11-14-5-4-8-20-10-14)9-17(23-19(16)24)15-6-2-1-3-7-15/h1-10,12-13,21H,11H2. The minimum Gasteiger partial charge on any atom is -0.366 e. The summed E-state index contributed by atoms with van der Waals surface area (Å²) in [6.07, 6.45) is 5.85. The van der Waals surface area contributed by atoms with Crippen LogP contribution in [0.3, 0.4) is 0 Å². The third kappa shape index (κ3) is 2.97. The molecule has 3 heterocycles. The van der Waals surface area contributed by atoms with E-state index in [0.717, 1.165) is 28.9 Å². The highest BCUT2D eigenvalue weighted by molar-refractivity contribution is 5.85. The van der Waals surface area contributed by atoms with Gasteiger partial charge in [-0.3, -0.25) is 9.78 Å². The van der Waals surface area contributed by atoms with Gasteiger partial charge >= 0.3 is 0 Å². The van der Waals surface area contributed by atoms with Crippen molar-refractivity contribution < 1.29 is 4.79 Å². The highest BCUT2D eigenvalue weighted by atomic mass is 16.1. The number of anilines is 1. The maximum atomic E-state index is 11.3. The molecule has 0 spiro atoms. The van der Waals surface area contributed by atoms with Crippen molar-refractivity contribution in [1.82, 2.24) is 19.6 Å². The first-order chi connectivity index (χ1) is 12.3. The van der Waals surface area contributed by atoms with Gasteiger partial charge in [0.05, 0.1) is 17.5 Å². The molecular weight excluding hydrogens is 314 g/mol. The summed E-state index contributed by atoms with van der Waals surface area (Å²) in [6.45, 7) is 0.595. The molecule has 3 aromatic heterocycles. The Kier molecular flexibility index (Phi) is 3.92. The van der Waals surface area contributed by atoms with Crippen LogP contribution in [0.5, 0.6) is 0 Å². The molecule has 122 valence electrons. The number of benzene rings is 1. The van der Waals surface area contributed by atoms with Crippen molar-refractivity contribution in [2.45, 2.75) is 6.54 Å². The molecule has 0 fully saturated rings. The van der Waals surface area contributed by atoms with E-state index < -0.39 is 0 Å². The van der Waals surface area contributed by atoms with Crippen LogP contribution < -0.4 is 5.32 Å². The number of fused-ring (bicyclic) bond motifs is 1. The molecule has 4 aromatic rings. The van der Waals surface area contributed by atoms with E-state index in [9.17, 15) is 4.79 Å². The lowest BCUT2D eigenvalue weighted by atomic mass is 10.1. The first-order valence-corrected chi connectivity index (χ1v) is 7.87. The van der Waals surface area contributed by atoms with Crippen molar-refractivity contribution in [3.63, 3.8) is 0 Å². The monoisotopic (exact) mass is 329 g/mol. The lowest BCUT2D eigenvalue weighted by Crippen LogP contribution is -2.07. The van der Waals surface area contributed by atoms with Gasteiger partial charge in [0.1, 0.15) is 5.82 Å². The fourth-order valence-corrected chi connectivity index (χ4v) is 2.64. The van der Waals surface area contributed by atoms with Crippen molar-refractivity contribution in [3.05, 3.63) is 78.2 Å². The van der Waals surface area contributed by atoms with Gasteiger partial charge in [-0.1, -0.05) is 36.4 Å². The zero-order valence-corrected chi connectivity index (χ0v) is 13.3.